The third-order valence-electron chi connectivity index (χ3n) is 4.22. The standard InChI is InChI=1S/C15H18N2O2/c1-10-5-3-4-8-17(10)11-6-7-12-13(9-11)16(2)15(19)14(12)18/h6-7,9-10H,3-5,8H2,1-2H3. The Morgan fingerprint density at radius 3 is 2.74 bits per heavy atom. The highest BCUT2D eigenvalue weighted by atomic mass is 16.2. The number of carbonyl (C=O) groups is 2. The molecule has 0 saturated carbocycles. The first kappa shape index (κ1) is 12.2. The van der Waals surface area contributed by atoms with Crippen LogP contribution in [0.1, 0.15) is 36.5 Å². The third kappa shape index (κ3) is 1.82. The monoisotopic (exact) mass is 258 g/mol. The summed E-state index contributed by atoms with van der Waals surface area (Å²) in [4.78, 5) is 27.3. The van der Waals surface area contributed by atoms with Crippen molar-refractivity contribution in [2.24, 2.45) is 0 Å². The first-order valence-corrected chi connectivity index (χ1v) is 6.82. The SMILES string of the molecule is CC1CCCCN1c1ccc2c(c1)N(C)C(=O)C2=O. The molecule has 1 amide bonds. The highest BCUT2D eigenvalue weighted by Gasteiger charge is 2.34. The van der Waals surface area contributed by atoms with Gasteiger partial charge in [0.1, 0.15) is 0 Å². The van der Waals surface area contributed by atoms with Gasteiger partial charge in [-0.2, -0.15) is 0 Å². The van der Waals surface area contributed by atoms with Crippen molar-refractivity contribution in [3.63, 3.8) is 0 Å². The summed E-state index contributed by atoms with van der Waals surface area (Å²) in [5.41, 5.74) is 2.38. The molecule has 1 aromatic rings. The number of hydrogen-bond donors (Lipinski definition) is 0. The van der Waals surface area contributed by atoms with Gasteiger partial charge in [0.05, 0.1) is 11.3 Å². The molecule has 4 nitrogen and oxygen atoms in total. The average molecular weight is 258 g/mol. The normalized spacial score (nSPS) is 22.9. The van der Waals surface area contributed by atoms with Gasteiger partial charge in [0, 0.05) is 25.3 Å². The van der Waals surface area contributed by atoms with Gasteiger partial charge in [0.15, 0.2) is 0 Å². The van der Waals surface area contributed by atoms with E-state index in [2.05, 4.69) is 11.8 Å². The van der Waals surface area contributed by atoms with E-state index >= 15 is 0 Å². The van der Waals surface area contributed by atoms with Gasteiger partial charge < -0.3 is 9.80 Å². The number of nitrogens with zero attached hydrogens (tertiary/aromatic N) is 2. The molecular formula is C15H18N2O2. The van der Waals surface area contributed by atoms with Gasteiger partial charge in [-0.1, -0.05) is 0 Å². The van der Waals surface area contributed by atoms with Crippen LogP contribution in [-0.4, -0.2) is 31.3 Å². The topological polar surface area (TPSA) is 40.6 Å². The summed E-state index contributed by atoms with van der Waals surface area (Å²) in [5.74, 6) is -0.824. The first-order valence-electron chi connectivity index (χ1n) is 6.82. The molecule has 0 aliphatic carbocycles. The van der Waals surface area contributed by atoms with E-state index in [4.69, 9.17) is 0 Å². The number of Topliss-reactive ketones (excluding diaryl/α,β-unsaturated/α-hetero) is 1. The predicted octanol–water partition coefficient (Wildman–Crippen LogP) is 2.22. The van der Waals surface area contributed by atoms with Crippen molar-refractivity contribution in [3.8, 4) is 0 Å². The van der Waals surface area contributed by atoms with Gasteiger partial charge in [-0.15, -0.1) is 0 Å². The Morgan fingerprint density at radius 1 is 1.21 bits per heavy atom. The minimum atomic E-state index is -0.432. The number of anilines is 2. The fourth-order valence-corrected chi connectivity index (χ4v) is 3.03. The van der Waals surface area contributed by atoms with E-state index in [9.17, 15) is 9.59 Å². The second-order valence-electron chi connectivity index (χ2n) is 5.43. The van der Waals surface area contributed by atoms with Crippen LogP contribution in [0.2, 0.25) is 0 Å². The fraction of sp³-hybridized carbons (Fsp3) is 0.467. The lowest BCUT2D eigenvalue weighted by Crippen LogP contribution is -2.37. The van der Waals surface area contributed by atoms with Gasteiger partial charge in [-0.25, -0.2) is 0 Å². The van der Waals surface area contributed by atoms with Gasteiger partial charge in [-0.05, 0) is 44.4 Å². The first-order chi connectivity index (χ1) is 9.09. The van der Waals surface area contributed by atoms with Gasteiger partial charge in [-0.3, -0.25) is 9.59 Å². The van der Waals surface area contributed by atoms with Crippen LogP contribution in [0.15, 0.2) is 18.2 Å². The number of fused-ring (bicyclic) bond motifs is 1. The average Bonchev–Trinajstić information content (AvgIpc) is 2.64. The number of ketones is 1. The molecule has 1 fully saturated rings. The van der Waals surface area contributed by atoms with Crippen LogP contribution in [-0.2, 0) is 4.79 Å². The molecule has 2 aliphatic rings. The maximum atomic E-state index is 11.8. The lowest BCUT2D eigenvalue weighted by atomic mass is 10.0. The van der Waals surface area contributed by atoms with Crippen LogP contribution in [0.25, 0.3) is 0 Å². The molecule has 2 aliphatic heterocycles. The number of piperidine rings is 1. The van der Waals surface area contributed by atoms with Crippen molar-refractivity contribution < 1.29 is 9.59 Å². The zero-order valence-electron chi connectivity index (χ0n) is 11.3. The van der Waals surface area contributed by atoms with Gasteiger partial charge in [0.25, 0.3) is 11.7 Å². The minimum Gasteiger partial charge on any atom is -0.369 e. The molecule has 3 rings (SSSR count). The molecule has 1 saturated heterocycles. The summed E-state index contributed by atoms with van der Waals surface area (Å²) in [6, 6.07) is 6.24. The number of rotatable bonds is 1. The molecule has 0 aromatic heterocycles. The highest BCUT2D eigenvalue weighted by molar-refractivity contribution is 6.52. The zero-order valence-corrected chi connectivity index (χ0v) is 11.3. The molecule has 0 bridgehead atoms. The van der Waals surface area contributed by atoms with E-state index in [1.165, 1.54) is 24.2 Å². The summed E-state index contributed by atoms with van der Waals surface area (Å²) >= 11 is 0. The summed E-state index contributed by atoms with van der Waals surface area (Å²) in [6.45, 7) is 3.28. The molecule has 1 atom stereocenters. The Balaban J connectivity index is 1.98. The quantitative estimate of drug-likeness (QED) is 0.725. The summed E-state index contributed by atoms with van der Waals surface area (Å²) in [5, 5.41) is 0. The highest BCUT2D eigenvalue weighted by Crippen LogP contribution is 2.33. The Hall–Kier alpha value is -1.84. The number of hydrogen-bond acceptors (Lipinski definition) is 3. The second kappa shape index (κ2) is 4.37. The van der Waals surface area contributed by atoms with E-state index in [-0.39, 0.29) is 0 Å². The third-order valence-corrected chi connectivity index (χ3v) is 4.22. The van der Waals surface area contributed by atoms with E-state index in [1.807, 2.05) is 12.1 Å². The smallest absolute Gasteiger partial charge is 0.299 e. The fourth-order valence-electron chi connectivity index (χ4n) is 3.03. The Labute approximate surface area is 113 Å². The number of amides is 1. The molecule has 1 unspecified atom stereocenters. The van der Waals surface area contributed by atoms with E-state index < -0.39 is 11.7 Å². The van der Waals surface area contributed by atoms with Crippen LogP contribution in [0.5, 0.6) is 0 Å². The van der Waals surface area contributed by atoms with Crippen LogP contribution in [0.3, 0.4) is 0 Å². The van der Waals surface area contributed by atoms with Crippen molar-refractivity contribution in [1.82, 2.24) is 0 Å². The molecular weight excluding hydrogens is 240 g/mol. The maximum absolute atomic E-state index is 11.8. The van der Waals surface area contributed by atoms with Crippen molar-refractivity contribution in [3.05, 3.63) is 23.8 Å². The van der Waals surface area contributed by atoms with E-state index in [1.54, 1.807) is 13.1 Å². The van der Waals surface area contributed by atoms with E-state index in [0.717, 1.165) is 17.9 Å². The molecule has 0 N–H and O–H groups in total. The Kier molecular flexibility index (Phi) is 2.81. The molecule has 0 spiro atoms. The number of likely N-dealkylation sites (N-methyl/N-ethyl adjacent to an activating group) is 1. The Bertz CT molecular complexity index is 553. The lowest BCUT2D eigenvalue weighted by molar-refractivity contribution is -0.114. The molecule has 100 valence electrons. The van der Waals surface area contributed by atoms with Crippen LogP contribution in [0, 0.1) is 0 Å². The molecule has 2 heterocycles. The van der Waals surface area contributed by atoms with Crippen molar-refractivity contribution in [2.45, 2.75) is 32.2 Å². The Morgan fingerprint density at radius 2 is 2.00 bits per heavy atom. The predicted molar refractivity (Wildman–Crippen MR) is 74.8 cm³/mol. The maximum Gasteiger partial charge on any atom is 0.299 e. The van der Waals surface area contributed by atoms with Crippen molar-refractivity contribution in [1.29, 1.82) is 0 Å². The van der Waals surface area contributed by atoms with E-state index in [0.29, 0.717) is 11.6 Å². The molecule has 4 heteroatoms. The van der Waals surface area contributed by atoms with Gasteiger partial charge >= 0.3 is 0 Å². The summed E-state index contributed by atoms with van der Waals surface area (Å²) in [7, 11) is 1.66. The van der Waals surface area contributed by atoms with Crippen molar-refractivity contribution in [2.75, 3.05) is 23.4 Å². The molecule has 1 aromatic carbocycles. The number of carbonyl (C=O) groups excluding carboxylic acids is 2. The largest absolute Gasteiger partial charge is 0.369 e. The molecule has 0 radical (unpaired) electrons. The minimum absolute atomic E-state index is 0.393. The summed E-state index contributed by atoms with van der Waals surface area (Å²) < 4.78 is 0. The lowest BCUT2D eigenvalue weighted by Gasteiger charge is -2.35. The second-order valence-corrected chi connectivity index (χ2v) is 5.43. The molecule has 19 heavy (non-hydrogen) atoms. The van der Waals surface area contributed by atoms with Crippen LogP contribution < -0.4 is 9.80 Å². The van der Waals surface area contributed by atoms with Gasteiger partial charge in [0.2, 0.25) is 0 Å². The van der Waals surface area contributed by atoms with Crippen molar-refractivity contribution >= 4 is 23.1 Å². The number of benzene rings is 1. The zero-order chi connectivity index (χ0) is 13.6. The summed E-state index contributed by atoms with van der Waals surface area (Å²) in [6.07, 6.45) is 3.68. The van der Waals surface area contributed by atoms with Crippen LogP contribution in [0.4, 0.5) is 11.4 Å². The van der Waals surface area contributed by atoms with Crippen LogP contribution >= 0.6 is 0 Å².